The maximum Gasteiger partial charge on any atom is 0.323 e. The zero-order chi connectivity index (χ0) is 13.3. The first-order chi connectivity index (χ1) is 9.21. The van der Waals surface area contributed by atoms with Crippen molar-refractivity contribution in [2.24, 2.45) is 5.41 Å². The monoisotopic (exact) mass is 260 g/mol. The molecule has 0 saturated heterocycles. The minimum Gasteiger partial charge on any atom is -0.384 e. The minimum absolute atomic E-state index is 0.155. The predicted molar refractivity (Wildman–Crippen MR) is 77.6 cm³/mol. The van der Waals surface area contributed by atoms with Crippen LogP contribution < -0.4 is 16.3 Å². The summed E-state index contributed by atoms with van der Waals surface area (Å²) in [4.78, 5) is 16.8. The van der Waals surface area contributed by atoms with Crippen LogP contribution >= 0.6 is 0 Å². The summed E-state index contributed by atoms with van der Waals surface area (Å²) in [6.45, 7) is 2.04. The molecule has 5 nitrogen and oxygen atoms in total. The highest BCUT2D eigenvalue weighted by Gasteiger charge is 2.35. The molecule has 0 atom stereocenters. The van der Waals surface area contributed by atoms with E-state index in [2.05, 4.69) is 20.6 Å². The number of rotatable bonds is 5. The average Bonchev–Trinajstić information content (AvgIpc) is 2.71. The number of benzene rings is 1. The molecule has 1 aromatic heterocycles. The van der Waals surface area contributed by atoms with Crippen LogP contribution in [0.15, 0.2) is 23.0 Å². The fourth-order valence-corrected chi connectivity index (χ4v) is 2.90. The van der Waals surface area contributed by atoms with Gasteiger partial charge in [0.2, 0.25) is 0 Å². The quantitative estimate of drug-likeness (QED) is 0.660. The van der Waals surface area contributed by atoms with Gasteiger partial charge in [-0.15, -0.1) is 0 Å². The molecule has 0 bridgehead atoms. The standard InChI is InChI=1S/C14H20N4O/c1-15-8-14(5-2-6-14)9-16-10-3-4-11-12(7-10)18-13(19)17-11/h3-4,7,15-16H,2,5-6,8-9H2,1H3,(H2,17,18,19). The van der Waals surface area contributed by atoms with Gasteiger partial charge >= 0.3 is 5.69 Å². The van der Waals surface area contributed by atoms with Crippen LogP contribution in [-0.2, 0) is 0 Å². The molecule has 0 aliphatic heterocycles. The van der Waals surface area contributed by atoms with Crippen molar-refractivity contribution in [1.82, 2.24) is 15.3 Å². The van der Waals surface area contributed by atoms with Crippen molar-refractivity contribution in [2.75, 3.05) is 25.5 Å². The Morgan fingerprint density at radius 2 is 2.00 bits per heavy atom. The van der Waals surface area contributed by atoms with Gasteiger partial charge in [0.25, 0.3) is 0 Å². The zero-order valence-corrected chi connectivity index (χ0v) is 11.2. The highest BCUT2D eigenvalue weighted by atomic mass is 16.1. The smallest absolute Gasteiger partial charge is 0.323 e. The third-order valence-corrected chi connectivity index (χ3v) is 4.15. The Morgan fingerprint density at radius 3 is 2.68 bits per heavy atom. The first kappa shape index (κ1) is 12.3. The van der Waals surface area contributed by atoms with E-state index in [1.807, 2.05) is 25.2 Å². The SMILES string of the molecule is CNCC1(CNc2ccc3[nH]c(=O)[nH]c3c2)CCC1. The van der Waals surface area contributed by atoms with Gasteiger partial charge in [-0.3, -0.25) is 0 Å². The number of imidazole rings is 1. The van der Waals surface area contributed by atoms with Crippen LogP contribution in [0.5, 0.6) is 0 Å². The largest absolute Gasteiger partial charge is 0.384 e. The van der Waals surface area contributed by atoms with Crippen LogP contribution in [0.1, 0.15) is 19.3 Å². The molecule has 102 valence electrons. The molecule has 2 aromatic rings. The molecule has 1 aliphatic rings. The van der Waals surface area contributed by atoms with Gasteiger partial charge in [-0.1, -0.05) is 6.42 Å². The molecule has 0 radical (unpaired) electrons. The molecule has 0 unspecified atom stereocenters. The number of hydrogen-bond donors (Lipinski definition) is 4. The summed E-state index contributed by atoms with van der Waals surface area (Å²) in [5.41, 5.74) is 3.01. The van der Waals surface area contributed by atoms with Crippen molar-refractivity contribution < 1.29 is 0 Å². The lowest BCUT2D eigenvalue weighted by Crippen LogP contribution is -2.44. The van der Waals surface area contributed by atoms with Gasteiger partial charge in [0.1, 0.15) is 0 Å². The van der Waals surface area contributed by atoms with Crippen molar-refractivity contribution in [3.63, 3.8) is 0 Å². The minimum atomic E-state index is -0.155. The third kappa shape index (κ3) is 2.38. The molecule has 0 amide bonds. The Bertz CT molecular complexity index is 624. The lowest BCUT2D eigenvalue weighted by Gasteiger charge is -2.42. The van der Waals surface area contributed by atoms with Gasteiger partial charge in [0, 0.05) is 24.2 Å². The van der Waals surface area contributed by atoms with Gasteiger partial charge in [0.15, 0.2) is 0 Å². The number of nitrogens with one attached hydrogen (secondary N) is 4. The van der Waals surface area contributed by atoms with Crippen LogP contribution in [0.4, 0.5) is 5.69 Å². The molecule has 0 spiro atoms. The van der Waals surface area contributed by atoms with E-state index in [4.69, 9.17) is 0 Å². The molecule has 1 aromatic carbocycles. The second kappa shape index (κ2) is 4.74. The van der Waals surface area contributed by atoms with E-state index in [1.165, 1.54) is 19.3 Å². The Morgan fingerprint density at radius 1 is 1.21 bits per heavy atom. The van der Waals surface area contributed by atoms with Crippen LogP contribution in [0, 0.1) is 5.41 Å². The Kier molecular flexibility index (Phi) is 3.06. The summed E-state index contributed by atoms with van der Waals surface area (Å²) in [6.07, 6.45) is 3.89. The van der Waals surface area contributed by atoms with Crippen LogP contribution in [0.25, 0.3) is 11.0 Å². The molecule has 19 heavy (non-hydrogen) atoms. The van der Waals surface area contributed by atoms with Crippen LogP contribution in [0.2, 0.25) is 0 Å². The summed E-state index contributed by atoms with van der Waals surface area (Å²) in [6, 6.07) is 5.93. The molecular weight excluding hydrogens is 240 g/mol. The van der Waals surface area contributed by atoms with Crippen molar-refractivity contribution >= 4 is 16.7 Å². The lowest BCUT2D eigenvalue weighted by atomic mass is 9.68. The highest BCUT2D eigenvalue weighted by molar-refractivity contribution is 5.78. The fourth-order valence-electron chi connectivity index (χ4n) is 2.90. The lowest BCUT2D eigenvalue weighted by molar-refractivity contribution is 0.151. The second-order valence-electron chi connectivity index (χ2n) is 5.58. The Labute approximate surface area is 111 Å². The van der Waals surface area contributed by atoms with E-state index in [0.29, 0.717) is 5.41 Å². The van der Waals surface area contributed by atoms with E-state index < -0.39 is 0 Å². The number of H-pyrrole nitrogens is 2. The zero-order valence-electron chi connectivity index (χ0n) is 11.2. The molecular formula is C14H20N4O. The van der Waals surface area contributed by atoms with Gasteiger partial charge in [-0.2, -0.15) is 0 Å². The molecule has 4 N–H and O–H groups in total. The summed E-state index contributed by atoms with van der Waals surface area (Å²) in [5, 5.41) is 6.78. The molecule has 3 rings (SSSR count). The predicted octanol–water partition coefficient (Wildman–Crippen LogP) is 1.66. The number of aromatic nitrogens is 2. The van der Waals surface area contributed by atoms with E-state index in [-0.39, 0.29) is 5.69 Å². The van der Waals surface area contributed by atoms with Gasteiger partial charge in [0.05, 0.1) is 11.0 Å². The molecule has 1 aliphatic carbocycles. The Hall–Kier alpha value is -1.75. The van der Waals surface area contributed by atoms with E-state index in [0.717, 1.165) is 29.8 Å². The van der Waals surface area contributed by atoms with Gasteiger partial charge < -0.3 is 20.6 Å². The van der Waals surface area contributed by atoms with Gasteiger partial charge in [-0.25, -0.2) is 4.79 Å². The topological polar surface area (TPSA) is 72.7 Å². The molecule has 5 heteroatoms. The van der Waals surface area contributed by atoms with Crippen molar-refractivity contribution in [3.8, 4) is 0 Å². The van der Waals surface area contributed by atoms with E-state index in [1.54, 1.807) is 0 Å². The number of hydrogen-bond acceptors (Lipinski definition) is 3. The maximum absolute atomic E-state index is 11.2. The molecule has 1 saturated carbocycles. The van der Waals surface area contributed by atoms with Crippen molar-refractivity contribution in [1.29, 1.82) is 0 Å². The van der Waals surface area contributed by atoms with E-state index in [9.17, 15) is 4.79 Å². The average molecular weight is 260 g/mol. The van der Waals surface area contributed by atoms with Crippen molar-refractivity contribution in [3.05, 3.63) is 28.7 Å². The van der Waals surface area contributed by atoms with E-state index >= 15 is 0 Å². The first-order valence-corrected chi connectivity index (χ1v) is 6.81. The number of aromatic amines is 2. The summed E-state index contributed by atoms with van der Waals surface area (Å²) in [5.74, 6) is 0. The summed E-state index contributed by atoms with van der Waals surface area (Å²) in [7, 11) is 2.01. The summed E-state index contributed by atoms with van der Waals surface area (Å²) >= 11 is 0. The third-order valence-electron chi connectivity index (χ3n) is 4.15. The molecule has 1 fully saturated rings. The van der Waals surface area contributed by atoms with Crippen molar-refractivity contribution in [2.45, 2.75) is 19.3 Å². The fraction of sp³-hybridized carbons (Fsp3) is 0.500. The molecule has 1 heterocycles. The maximum atomic E-state index is 11.2. The second-order valence-corrected chi connectivity index (χ2v) is 5.58. The number of anilines is 1. The van der Waals surface area contributed by atoms with Crippen LogP contribution in [-0.4, -0.2) is 30.1 Å². The normalized spacial score (nSPS) is 17.3. The highest BCUT2D eigenvalue weighted by Crippen LogP contribution is 2.40. The first-order valence-electron chi connectivity index (χ1n) is 6.81. The van der Waals surface area contributed by atoms with Gasteiger partial charge in [-0.05, 0) is 38.1 Å². The summed E-state index contributed by atoms with van der Waals surface area (Å²) < 4.78 is 0. The Balaban J connectivity index is 1.72. The number of fused-ring (bicyclic) bond motifs is 1. The van der Waals surface area contributed by atoms with Crippen LogP contribution in [0.3, 0.4) is 0 Å².